The lowest BCUT2D eigenvalue weighted by atomic mass is 9.54. The summed E-state index contributed by atoms with van der Waals surface area (Å²) in [6.07, 6.45) is 0.796. The maximum absolute atomic E-state index is 14.1. The van der Waals surface area contributed by atoms with Crippen molar-refractivity contribution in [2.75, 3.05) is 24.4 Å². The summed E-state index contributed by atoms with van der Waals surface area (Å²) in [5.41, 5.74) is 7.40. The number of nitrogens with zero attached hydrogens (tertiary/aromatic N) is 1. The zero-order valence-corrected chi connectivity index (χ0v) is 22.3. The zero-order chi connectivity index (χ0) is 27.0. The number of aliphatic imine (C=N–C) groups is 1. The number of carbonyl (C=O) groups excluding carboxylic acids is 1. The lowest BCUT2D eigenvalue weighted by molar-refractivity contribution is -0.125. The summed E-state index contributed by atoms with van der Waals surface area (Å²) in [5.74, 6) is 0.219. The molecule has 8 nitrogen and oxygen atoms in total. The van der Waals surface area contributed by atoms with Gasteiger partial charge in [0.1, 0.15) is 0 Å². The molecule has 2 aliphatic heterocycles. The Morgan fingerprint density at radius 3 is 2.37 bits per heavy atom. The number of hydrogen-bond acceptors (Lipinski definition) is 6. The van der Waals surface area contributed by atoms with E-state index in [1.807, 2.05) is 50.2 Å². The van der Waals surface area contributed by atoms with E-state index >= 15 is 0 Å². The van der Waals surface area contributed by atoms with E-state index in [1.165, 1.54) is 0 Å². The van der Waals surface area contributed by atoms with Crippen molar-refractivity contribution in [2.45, 2.75) is 42.4 Å². The molecular formula is C29H32N4O4S. The number of nitrogens with one attached hydrogen (secondary N) is 2. The Labute approximate surface area is 223 Å². The van der Waals surface area contributed by atoms with Crippen LogP contribution >= 0.6 is 0 Å². The monoisotopic (exact) mass is 532 g/mol. The third-order valence-electron chi connectivity index (χ3n) is 7.62. The Balaban J connectivity index is 1.75. The number of nitrogens with two attached hydrogens (primary N) is 1. The van der Waals surface area contributed by atoms with Gasteiger partial charge in [0, 0.05) is 6.54 Å². The summed E-state index contributed by atoms with van der Waals surface area (Å²) < 4.78 is 35.9. The van der Waals surface area contributed by atoms with Gasteiger partial charge in [-0.1, -0.05) is 54.1 Å². The van der Waals surface area contributed by atoms with Gasteiger partial charge < -0.3 is 15.8 Å². The Kier molecular flexibility index (Phi) is 6.75. The lowest BCUT2D eigenvalue weighted by Crippen LogP contribution is -2.58. The van der Waals surface area contributed by atoms with Gasteiger partial charge in [0.2, 0.25) is 11.8 Å². The van der Waals surface area contributed by atoms with Crippen LogP contribution in [0.2, 0.25) is 0 Å². The SMILES string of the molecule is CCOC1=Nc2ccccc2[C@]1(CCN)[C@]1(c2ccccc2NS(=O)(=O)c2ccc(C)cc2)CCNC1=O. The van der Waals surface area contributed by atoms with Gasteiger partial charge in [0.05, 0.1) is 33.7 Å². The molecule has 2 heterocycles. The molecule has 0 aromatic heterocycles. The van der Waals surface area contributed by atoms with E-state index in [4.69, 9.17) is 15.5 Å². The van der Waals surface area contributed by atoms with Gasteiger partial charge in [-0.15, -0.1) is 0 Å². The van der Waals surface area contributed by atoms with Crippen molar-refractivity contribution in [1.29, 1.82) is 0 Å². The molecule has 2 atom stereocenters. The van der Waals surface area contributed by atoms with Gasteiger partial charge in [-0.05, 0) is 68.6 Å². The Morgan fingerprint density at radius 1 is 1.03 bits per heavy atom. The van der Waals surface area contributed by atoms with Crippen LogP contribution in [0, 0.1) is 6.92 Å². The normalized spacial score (nSPS) is 22.5. The number of hydrogen-bond donors (Lipinski definition) is 3. The topological polar surface area (TPSA) is 123 Å². The minimum absolute atomic E-state index is 0.141. The van der Waals surface area contributed by atoms with Crippen LogP contribution in [0.5, 0.6) is 0 Å². The average Bonchev–Trinajstić information content (AvgIpc) is 3.44. The molecule has 1 fully saturated rings. The Bertz CT molecular complexity index is 1500. The third-order valence-corrected chi connectivity index (χ3v) is 9.00. The van der Waals surface area contributed by atoms with Crippen molar-refractivity contribution >= 4 is 33.2 Å². The smallest absolute Gasteiger partial charge is 0.261 e. The number of fused-ring (bicyclic) bond motifs is 1. The maximum Gasteiger partial charge on any atom is 0.261 e. The van der Waals surface area contributed by atoms with E-state index in [2.05, 4.69) is 10.0 Å². The van der Waals surface area contributed by atoms with E-state index in [-0.39, 0.29) is 17.3 Å². The van der Waals surface area contributed by atoms with Crippen molar-refractivity contribution < 1.29 is 17.9 Å². The van der Waals surface area contributed by atoms with Crippen LogP contribution in [-0.4, -0.2) is 39.9 Å². The lowest BCUT2D eigenvalue weighted by Gasteiger charge is -2.46. The second-order valence-corrected chi connectivity index (χ2v) is 11.4. The van der Waals surface area contributed by atoms with Crippen LogP contribution in [0.25, 0.3) is 0 Å². The first-order valence-corrected chi connectivity index (χ1v) is 14.3. The summed E-state index contributed by atoms with van der Waals surface area (Å²) in [5, 5.41) is 3.02. The Hall–Kier alpha value is -3.69. The number of benzene rings is 3. The predicted octanol–water partition coefficient (Wildman–Crippen LogP) is 3.92. The fraction of sp³-hybridized carbons (Fsp3) is 0.310. The highest BCUT2D eigenvalue weighted by molar-refractivity contribution is 7.92. The molecule has 9 heteroatoms. The molecular weight excluding hydrogens is 500 g/mol. The minimum Gasteiger partial charge on any atom is -0.480 e. The van der Waals surface area contributed by atoms with Crippen LogP contribution in [0.1, 0.15) is 36.5 Å². The number of carbonyl (C=O) groups is 1. The van der Waals surface area contributed by atoms with Gasteiger partial charge >= 0.3 is 0 Å². The maximum atomic E-state index is 14.1. The number of aryl methyl sites for hydroxylation is 1. The molecule has 0 bridgehead atoms. The molecule has 0 saturated carbocycles. The van der Waals surface area contributed by atoms with Gasteiger partial charge in [0.15, 0.2) is 0 Å². The summed E-state index contributed by atoms with van der Waals surface area (Å²) in [6.45, 7) is 4.83. The standard InChI is InChI=1S/C29H32N4O4S/c1-3-37-27-29(16-18-30,22-8-4-6-10-24(22)32-27)28(17-19-31-26(28)34)23-9-5-7-11-25(23)33-38(35,36)21-14-12-20(2)13-15-21/h4-15,33H,3,16-19,30H2,1-2H3,(H,31,34)/t28-,29-/m0/s1. The molecule has 38 heavy (non-hydrogen) atoms. The molecule has 3 aromatic rings. The van der Waals surface area contributed by atoms with Crippen molar-refractivity contribution in [3.05, 3.63) is 89.5 Å². The second kappa shape index (κ2) is 9.89. The molecule has 0 aliphatic carbocycles. The number of rotatable bonds is 8. The third kappa shape index (κ3) is 3.88. The highest BCUT2D eigenvalue weighted by Gasteiger charge is 2.66. The molecule has 2 aliphatic rings. The number of amides is 1. The van der Waals surface area contributed by atoms with E-state index in [9.17, 15) is 13.2 Å². The quantitative estimate of drug-likeness (QED) is 0.406. The van der Waals surface area contributed by atoms with E-state index in [1.54, 1.807) is 36.4 Å². The summed E-state index contributed by atoms with van der Waals surface area (Å²) in [7, 11) is -3.93. The van der Waals surface area contributed by atoms with E-state index in [0.29, 0.717) is 43.1 Å². The first-order valence-electron chi connectivity index (χ1n) is 12.8. The van der Waals surface area contributed by atoms with Gasteiger partial charge in [-0.2, -0.15) is 0 Å². The van der Waals surface area contributed by atoms with E-state index < -0.39 is 20.9 Å². The molecule has 5 rings (SSSR count). The average molecular weight is 533 g/mol. The zero-order valence-electron chi connectivity index (χ0n) is 21.5. The van der Waals surface area contributed by atoms with Crippen LogP contribution < -0.4 is 15.8 Å². The van der Waals surface area contributed by atoms with Crippen molar-refractivity contribution in [3.63, 3.8) is 0 Å². The number of sulfonamides is 1. The van der Waals surface area contributed by atoms with Crippen LogP contribution in [-0.2, 0) is 30.4 Å². The van der Waals surface area contributed by atoms with Crippen LogP contribution in [0.3, 0.4) is 0 Å². The molecule has 4 N–H and O–H groups in total. The number of anilines is 1. The summed E-state index contributed by atoms with van der Waals surface area (Å²) >= 11 is 0. The van der Waals surface area contributed by atoms with E-state index in [0.717, 1.165) is 16.8 Å². The highest BCUT2D eigenvalue weighted by atomic mass is 32.2. The first kappa shape index (κ1) is 25.9. The molecule has 0 unspecified atom stereocenters. The van der Waals surface area contributed by atoms with Crippen molar-refractivity contribution in [3.8, 4) is 0 Å². The first-order chi connectivity index (χ1) is 18.3. The fourth-order valence-corrected chi connectivity index (χ4v) is 7.10. The van der Waals surface area contributed by atoms with Crippen LogP contribution in [0.4, 0.5) is 11.4 Å². The predicted molar refractivity (Wildman–Crippen MR) is 148 cm³/mol. The summed E-state index contributed by atoms with van der Waals surface area (Å²) in [4.78, 5) is 19.1. The summed E-state index contributed by atoms with van der Waals surface area (Å²) in [6, 6.07) is 21.4. The highest BCUT2D eigenvalue weighted by Crippen LogP contribution is 2.58. The molecule has 1 saturated heterocycles. The molecule has 0 spiro atoms. The van der Waals surface area contributed by atoms with Gasteiger partial charge in [-0.25, -0.2) is 13.4 Å². The largest absolute Gasteiger partial charge is 0.480 e. The number of ether oxygens (including phenoxy) is 1. The Morgan fingerprint density at radius 2 is 1.71 bits per heavy atom. The fourth-order valence-electron chi connectivity index (χ4n) is 6.02. The van der Waals surface area contributed by atoms with Gasteiger partial charge in [-0.3, -0.25) is 9.52 Å². The van der Waals surface area contributed by atoms with Crippen molar-refractivity contribution in [2.24, 2.45) is 10.7 Å². The molecule has 198 valence electrons. The molecule has 0 radical (unpaired) electrons. The number of para-hydroxylation sites is 2. The van der Waals surface area contributed by atoms with Gasteiger partial charge in [0.25, 0.3) is 10.0 Å². The second-order valence-electron chi connectivity index (χ2n) is 9.69. The van der Waals surface area contributed by atoms with Crippen LogP contribution in [0.15, 0.2) is 82.7 Å². The molecule has 1 amide bonds. The van der Waals surface area contributed by atoms with Crippen molar-refractivity contribution in [1.82, 2.24) is 5.32 Å². The minimum atomic E-state index is -3.93. The molecule has 3 aromatic carbocycles.